The molecule has 2 rings (SSSR count). The van der Waals surface area contributed by atoms with Gasteiger partial charge in [0.2, 0.25) is 5.91 Å². The number of carbonyl (C=O) groups is 2. The van der Waals surface area contributed by atoms with E-state index in [0.29, 0.717) is 48.0 Å². The molecule has 0 spiro atoms. The number of ether oxygens (including phenoxy) is 1. The third kappa shape index (κ3) is 4.18. The molecule has 1 heterocycles. The molecular formula is C18H26ClN3O3. The molecule has 1 saturated heterocycles. The molecule has 2 amide bonds. The summed E-state index contributed by atoms with van der Waals surface area (Å²) < 4.78 is 5.26. The van der Waals surface area contributed by atoms with Gasteiger partial charge in [0.1, 0.15) is 5.75 Å². The first-order valence-corrected chi connectivity index (χ1v) is 8.83. The summed E-state index contributed by atoms with van der Waals surface area (Å²) in [6.45, 7) is 5.06. The van der Waals surface area contributed by atoms with E-state index >= 15 is 0 Å². The Morgan fingerprint density at radius 3 is 2.44 bits per heavy atom. The molecule has 0 saturated carbocycles. The van der Waals surface area contributed by atoms with Gasteiger partial charge in [-0.2, -0.15) is 0 Å². The van der Waals surface area contributed by atoms with E-state index in [9.17, 15) is 9.59 Å². The minimum Gasteiger partial charge on any atom is -0.496 e. The molecule has 1 aromatic carbocycles. The summed E-state index contributed by atoms with van der Waals surface area (Å²) in [6.07, 6.45) is 1.32. The second-order valence-electron chi connectivity index (χ2n) is 6.68. The van der Waals surface area contributed by atoms with Crippen LogP contribution >= 0.6 is 11.6 Å². The Balaban J connectivity index is 2.07. The molecule has 0 aliphatic carbocycles. The summed E-state index contributed by atoms with van der Waals surface area (Å²) in [5.41, 5.74) is 6.53. The van der Waals surface area contributed by atoms with Crippen LogP contribution in [0.2, 0.25) is 5.02 Å². The van der Waals surface area contributed by atoms with Gasteiger partial charge in [0.05, 0.1) is 23.4 Å². The third-order valence-electron chi connectivity index (χ3n) is 4.80. The number of nitrogen functional groups attached to an aromatic ring is 1. The SMILES string of the molecule is COc1cc(N)c(Cl)cc1C(=O)N1CCC(C(=O)N(C)C(C)C)CC1. The number of amides is 2. The Morgan fingerprint density at radius 1 is 1.32 bits per heavy atom. The molecule has 0 radical (unpaired) electrons. The first-order valence-electron chi connectivity index (χ1n) is 8.45. The van der Waals surface area contributed by atoms with Crippen LogP contribution in [-0.4, -0.2) is 54.9 Å². The summed E-state index contributed by atoms with van der Waals surface area (Å²) in [7, 11) is 3.32. The summed E-state index contributed by atoms with van der Waals surface area (Å²) in [6, 6.07) is 3.28. The zero-order chi connectivity index (χ0) is 18.7. The van der Waals surface area contributed by atoms with E-state index in [-0.39, 0.29) is 23.8 Å². The summed E-state index contributed by atoms with van der Waals surface area (Å²) in [4.78, 5) is 28.8. The maximum atomic E-state index is 12.8. The molecular weight excluding hydrogens is 342 g/mol. The van der Waals surface area contributed by atoms with Crippen molar-refractivity contribution in [3.8, 4) is 5.75 Å². The van der Waals surface area contributed by atoms with Crippen LogP contribution in [0, 0.1) is 5.92 Å². The summed E-state index contributed by atoms with van der Waals surface area (Å²) in [5, 5.41) is 0.327. The quantitative estimate of drug-likeness (QED) is 0.830. The zero-order valence-corrected chi connectivity index (χ0v) is 16.0. The van der Waals surface area contributed by atoms with Gasteiger partial charge in [-0.05, 0) is 32.8 Å². The topological polar surface area (TPSA) is 75.9 Å². The number of likely N-dealkylation sites (tertiary alicyclic amines) is 1. The first kappa shape index (κ1) is 19.4. The minimum atomic E-state index is -0.151. The minimum absolute atomic E-state index is 0.0339. The van der Waals surface area contributed by atoms with E-state index in [4.69, 9.17) is 22.1 Å². The Hall–Kier alpha value is -1.95. The van der Waals surface area contributed by atoms with E-state index < -0.39 is 0 Å². The number of nitrogens with two attached hydrogens (primary N) is 1. The van der Waals surface area contributed by atoms with Gasteiger partial charge in [-0.3, -0.25) is 9.59 Å². The molecule has 7 heteroatoms. The van der Waals surface area contributed by atoms with E-state index in [1.807, 2.05) is 20.9 Å². The predicted octanol–water partition coefficient (Wildman–Crippen LogP) is 2.65. The molecule has 1 aliphatic heterocycles. The van der Waals surface area contributed by atoms with Gasteiger partial charge >= 0.3 is 0 Å². The lowest BCUT2D eigenvalue weighted by atomic mass is 9.94. The van der Waals surface area contributed by atoms with Gasteiger partial charge in [0.15, 0.2) is 0 Å². The van der Waals surface area contributed by atoms with Crippen molar-refractivity contribution in [1.29, 1.82) is 0 Å². The van der Waals surface area contributed by atoms with Crippen molar-refractivity contribution in [2.75, 3.05) is 33.0 Å². The molecule has 0 unspecified atom stereocenters. The van der Waals surface area contributed by atoms with Crippen molar-refractivity contribution in [1.82, 2.24) is 9.80 Å². The molecule has 1 aliphatic rings. The van der Waals surface area contributed by atoms with Crippen LogP contribution in [0.25, 0.3) is 0 Å². The number of anilines is 1. The van der Waals surface area contributed by atoms with Crippen molar-refractivity contribution in [3.63, 3.8) is 0 Å². The number of rotatable bonds is 4. The highest BCUT2D eigenvalue weighted by atomic mass is 35.5. The van der Waals surface area contributed by atoms with Crippen LogP contribution in [0.15, 0.2) is 12.1 Å². The normalized spacial score (nSPS) is 15.4. The maximum Gasteiger partial charge on any atom is 0.257 e. The van der Waals surface area contributed by atoms with Crippen LogP contribution in [-0.2, 0) is 4.79 Å². The standard InChI is InChI=1S/C18H26ClN3O3/c1-11(2)21(3)17(23)12-5-7-22(8-6-12)18(24)13-9-14(19)15(20)10-16(13)25-4/h9-12H,5-8,20H2,1-4H3. The van der Waals surface area contributed by atoms with Crippen molar-refractivity contribution in [3.05, 3.63) is 22.7 Å². The fraction of sp³-hybridized carbons (Fsp3) is 0.556. The van der Waals surface area contributed by atoms with Gasteiger partial charge in [0.25, 0.3) is 5.91 Å². The molecule has 6 nitrogen and oxygen atoms in total. The lowest BCUT2D eigenvalue weighted by Crippen LogP contribution is -2.45. The molecule has 0 bridgehead atoms. The molecule has 1 aromatic rings. The second-order valence-corrected chi connectivity index (χ2v) is 7.09. The van der Waals surface area contributed by atoms with Gasteiger partial charge in [0, 0.05) is 38.2 Å². The van der Waals surface area contributed by atoms with E-state index in [1.54, 1.807) is 21.9 Å². The molecule has 2 N–H and O–H groups in total. The number of halogens is 1. The number of benzene rings is 1. The molecule has 0 aromatic heterocycles. The van der Waals surface area contributed by atoms with E-state index in [0.717, 1.165) is 0 Å². The summed E-state index contributed by atoms with van der Waals surface area (Å²) >= 11 is 6.05. The molecule has 138 valence electrons. The Bertz CT molecular complexity index is 655. The number of piperidine rings is 1. The number of methoxy groups -OCH3 is 1. The number of carbonyl (C=O) groups excluding carboxylic acids is 2. The Morgan fingerprint density at radius 2 is 1.92 bits per heavy atom. The Labute approximate surface area is 153 Å². The maximum absolute atomic E-state index is 12.8. The zero-order valence-electron chi connectivity index (χ0n) is 15.2. The van der Waals surface area contributed by atoms with Crippen LogP contribution in [0.1, 0.15) is 37.0 Å². The van der Waals surface area contributed by atoms with E-state index in [1.165, 1.54) is 7.11 Å². The number of hydrogen-bond donors (Lipinski definition) is 1. The smallest absolute Gasteiger partial charge is 0.257 e. The van der Waals surface area contributed by atoms with Gasteiger partial charge < -0.3 is 20.3 Å². The largest absolute Gasteiger partial charge is 0.496 e. The van der Waals surface area contributed by atoms with Crippen molar-refractivity contribution >= 4 is 29.1 Å². The molecule has 1 fully saturated rings. The van der Waals surface area contributed by atoms with Crippen LogP contribution in [0.3, 0.4) is 0 Å². The highest BCUT2D eigenvalue weighted by Gasteiger charge is 2.31. The molecule has 0 atom stereocenters. The number of nitrogens with zero attached hydrogens (tertiary/aromatic N) is 2. The first-order chi connectivity index (χ1) is 11.8. The lowest BCUT2D eigenvalue weighted by Gasteiger charge is -2.34. The fourth-order valence-electron chi connectivity index (χ4n) is 2.95. The van der Waals surface area contributed by atoms with Crippen molar-refractivity contribution < 1.29 is 14.3 Å². The van der Waals surface area contributed by atoms with Gasteiger partial charge in [-0.1, -0.05) is 11.6 Å². The highest BCUT2D eigenvalue weighted by Crippen LogP contribution is 2.31. The third-order valence-corrected chi connectivity index (χ3v) is 5.13. The number of hydrogen-bond acceptors (Lipinski definition) is 4. The summed E-state index contributed by atoms with van der Waals surface area (Å²) in [5.74, 6) is 0.370. The van der Waals surface area contributed by atoms with E-state index in [2.05, 4.69) is 0 Å². The second kappa shape index (κ2) is 7.95. The highest BCUT2D eigenvalue weighted by molar-refractivity contribution is 6.33. The predicted molar refractivity (Wildman–Crippen MR) is 98.9 cm³/mol. The van der Waals surface area contributed by atoms with Crippen LogP contribution < -0.4 is 10.5 Å². The van der Waals surface area contributed by atoms with Crippen molar-refractivity contribution in [2.45, 2.75) is 32.7 Å². The van der Waals surface area contributed by atoms with Gasteiger partial charge in [-0.15, -0.1) is 0 Å². The van der Waals surface area contributed by atoms with Crippen LogP contribution in [0.5, 0.6) is 5.75 Å². The average Bonchev–Trinajstić information content (AvgIpc) is 2.61. The Kier molecular flexibility index (Phi) is 6.16. The fourth-order valence-corrected chi connectivity index (χ4v) is 3.11. The lowest BCUT2D eigenvalue weighted by molar-refractivity contribution is -0.137. The monoisotopic (exact) mass is 367 g/mol. The van der Waals surface area contributed by atoms with Gasteiger partial charge in [-0.25, -0.2) is 0 Å². The van der Waals surface area contributed by atoms with Crippen LogP contribution in [0.4, 0.5) is 5.69 Å². The average molecular weight is 368 g/mol. The molecule has 25 heavy (non-hydrogen) atoms. The van der Waals surface area contributed by atoms with Crippen molar-refractivity contribution in [2.24, 2.45) is 5.92 Å².